The quantitative estimate of drug-likeness (QED) is 0.830. The fourth-order valence-corrected chi connectivity index (χ4v) is 2.09. The molecule has 1 saturated heterocycles. The van der Waals surface area contributed by atoms with Crippen molar-refractivity contribution in [1.82, 2.24) is 4.90 Å². The van der Waals surface area contributed by atoms with Crippen LogP contribution in [0.15, 0.2) is 0 Å². The number of carbonyl (C=O) groups is 1. The lowest BCUT2D eigenvalue weighted by Gasteiger charge is -2.39. The minimum absolute atomic E-state index is 0.0419. The molecular weight excluding hydrogens is 255 g/mol. The summed E-state index contributed by atoms with van der Waals surface area (Å²) in [5.41, 5.74) is -2.63. The van der Waals surface area contributed by atoms with Crippen LogP contribution in [-0.2, 0) is 4.79 Å². The highest BCUT2D eigenvalue weighted by Gasteiger charge is 2.54. The summed E-state index contributed by atoms with van der Waals surface area (Å²) in [5.74, 6) is -0.165. The van der Waals surface area contributed by atoms with Crippen molar-refractivity contribution in [3.05, 3.63) is 0 Å². The molecule has 0 aromatic rings. The van der Waals surface area contributed by atoms with Crippen LogP contribution in [0.5, 0.6) is 0 Å². The minimum atomic E-state index is -4.62. The van der Waals surface area contributed by atoms with Crippen LogP contribution in [0.25, 0.3) is 0 Å². The molecule has 17 heavy (non-hydrogen) atoms. The van der Waals surface area contributed by atoms with Crippen LogP contribution in [0.3, 0.4) is 0 Å². The zero-order chi connectivity index (χ0) is 13.3. The number of carbonyl (C=O) groups excluding carboxylic acids is 1. The van der Waals surface area contributed by atoms with Crippen molar-refractivity contribution < 1.29 is 23.1 Å². The molecule has 0 spiro atoms. The highest BCUT2D eigenvalue weighted by Crippen LogP contribution is 2.38. The summed E-state index contributed by atoms with van der Waals surface area (Å²) in [6, 6.07) is 0. The Kier molecular flexibility index (Phi) is 4.35. The number of hydrogen-bond donors (Lipinski definition) is 1. The molecule has 1 aliphatic heterocycles. The van der Waals surface area contributed by atoms with Gasteiger partial charge in [-0.25, -0.2) is 0 Å². The van der Waals surface area contributed by atoms with Gasteiger partial charge < -0.3 is 10.0 Å². The number of amides is 1. The van der Waals surface area contributed by atoms with Gasteiger partial charge in [-0.15, -0.1) is 0 Å². The van der Waals surface area contributed by atoms with Crippen LogP contribution < -0.4 is 0 Å². The lowest BCUT2D eigenvalue weighted by molar-refractivity contribution is -0.272. The fraction of sp³-hybridized carbons (Fsp3) is 0.900. The topological polar surface area (TPSA) is 40.5 Å². The Bertz CT molecular complexity index is 288. The Balaban J connectivity index is 2.60. The van der Waals surface area contributed by atoms with Crippen molar-refractivity contribution in [3.63, 3.8) is 0 Å². The monoisotopic (exact) mass is 271 g/mol. The number of nitrogens with zero attached hydrogens (tertiary/aromatic N) is 1. The molecule has 1 unspecified atom stereocenters. The Morgan fingerprint density at radius 2 is 1.88 bits per heavy atom. The lowest BCUT2D eigenvalue weighted by Crippen LogP contribution is -2.55. The fourth-order valence-electron chi connectivity index (χ4n) is 1.74. The maximum atomic E-state index is 12.5. The summed E-state index contributed by atoms with van der Waals surface area (Å²) in [6.45, 7) is 1.64. The average molecular weight is 271 g/mol. The number of hydrogen-bond acceptors (Lipinski definition) is 3. The molecule has 0 bridgehead atoms. The van der Waals surface area contributed by atoms with Gasteiger partial charge in [0.25, 0.3) is 0 Å². The lowest BCUT2D eigenvalue weighted by atomic mass is 9.90. The van der Waals surface area contributed by atoms with Crippen LogP contribution in [0.2, 0.25) is 0 Å². The van der Waals surface area contributed by atoms with E-state index in [9.17, 15) is 23.1 Å². The third kappa shape index (κ3) is 3.07. The molecule has 0 aromatic carbocycles. The maximum absolute atomic E-state index is 12.5. The SMILES string of the molecule is CSC(C)C(=O)N1CCC(O)(C(F)(F)F)CC1. The second-order valence-corrected chi connectivity index (χ2v) is 5.41. The van der Waals surface area contributed by atoms with Gasteiger partial charge in [0.1, 0.15) is 0 Å². The number of alkyl halides is 3. The smallest absolute Gasteiger partial charge is 0.380 e. The molecule has 1 fully saturated rings. The number of aliphatic hydroxyl groups is 1. The third-order valence-corrected chi connectivity index (χ3v) is 4.04. The second-order valence-electron chi connectivity index (χ2n) is 4.23. The van der Waals surface area contributed by atoms with Crippen molar-refractivity contribution >= 4 is 17.7 Å². The molecule has 0 saturated carbocycles. The largest absolute Gasteiger partial charge is 0.417 e. The number of rotatable bonds is 2. The Morgan fingerprint density at radius 1 is 1.41 bits per heavy atom. The first-order valence-corrected chi connectivity index (χ1v) is 6.61. The first kappa shape index (κ1) is 14.6. The van der Waals surface area contributed by atoms with Crippen molar-refractivity contribution in [2.45, 2.75) is 36.8 Å². The van der Waals surface area contributed by atoms with E-state index in [1.165, 1.54) is 16.7 Å². The molecule has 1 amide bonds. The number of piperidine rings is 1. The van der Waals surface area contributed by atoms with Gasteiger partial charge in [-0.1, -0.05) is 0 Å². The molecule has 0 aliphatic carbocycles. The zero-order valence-electron chi connectivity index (χ0n) is 9.75. The molecule has 1 rings (SSSR count). The van der Waals surface area contributed by atoms with Crippen LogP contribution in [0.4, 0.5) is 13.2 Å². The molecular formula is C10H16F3NO2S. The molecule has 1 N–H and O–H groups in total. The van der Waals surface area contributed by atoms with Gasteiger partial charge in [-0.05, 0) is 13.2 Å². The van der Waals surface area contributed by atoms with Crippen LogP contribution in [-0.4, -0.2) is 52.3 Å². The van der Waals surface area contributed by atoms with E-state index in [4.69, 9.17) is 0 Å². The van der Waals surface area contributed by atoms with Gasteiger partial charge in [-0.2, -0.15) is 24.9 Å². The Labute approximate surface area is 102 Å². The van der Waals surface area contributed by atoms with Crippen molar-refractivity contribution in [3.8, 4) is 0 Å². The summed E-state index contributed by atoms with van der Waals surface area (Å²) >= 11 is 1.36. The van der Waals surface area contributed by atoms with Crippen molar-refractivity contribution in [2.24, 2.45) is 0 Å². The maximum Gasteiger partial charge on any atom is 0.417 e. The predicted octanol–water partition coefficient (Wildman–Crippen LogP) is 1.65. The van der Waals surface area contributed by atoms with E-state index in [0.29, 0.717) is 0 Å². The standard InChI is InChI=1S/C10H16F3NO2S/c1-7(17-2)8(15)14-5-3-9(16,4-6-14)10(11,12)13/h7,16H,3-6H2,1-2H3. The van der Waals surface area contributed by atoms with E-state index < -0.39 is 24.6 Å². The van der Waals surface area contributed by atoms with Crippen molar-refractivity contribution in [2.75, 3.05) is 19.3 Å². The molecule has 100 valence electrons. The first-order valence-electron chi connectivity index (χ1n) is 5.32. The van der Waals surface area contributed by atoms with E-state index in [-0.39, 0.29) is 24.2 Å². The molecule has 0 radical (unpaired) electrons. The number of likely N-dealkylation sites (tertiary alicyclic amines) is 1. The van der Waals surface area contributed by atoms with Crippen molar-refractivity contribution in [1.29, 1.82) is 0 Å². The number of thioether (sulfide) groups is 1. The minimum Gasteiger partial charge on any atom is -0.380 e. The van der Waals surface area contributed by atoms with E-state index >= 15 is 0 Å². The van der Waals surface area contributed by atoms with E-state index in [1.54, 1.807) is 13.2 Å². The molecule has 1 aliphatic rings. The highest BCUT2D eigenvalue weighted by atomic mass is 32.2. The first-order chi connectivity index (χ1) is 7.71. The normalized spacial score (nSPS) is 22.4. The van der Waals surface area contributed by atoms with Gasteiger partial charge in [0.2, 0.25) is 5.91 Å². The van der Waals surface area contributed by atoms with E-state index in [0.717, 1.165) is 0 Å². The zero-order valence-corrected chi connectivity index (χ0v) is 10.6. The average Bonchev–Trinajstić information content (AvgIpc) is 2.26. The highest BCUT2D eigenvalue weighted by molar-refractivity contribution is 7.99. The van der Waals surface area contributed by atoms with Crippen LogP contribution >= 0.6 is 11.8 Å². The van der Waals surface area contributed by atoms with Gasteiger partial charge in [-0.3, -0.25) is 4.79 Å². The summed E-state index contributed by atoms with van der Waals surface area (Å²) in [4.78, 5) is 13.1. The molecule has 1 atom stereocenters. The van der Waals surface area contributed by atoms with Gasteiger partial charge in [0.15, 0.2) is 5.60 Å². The van der Waals surface area contributed by atoms with E-state index in [2.05, 4.69) is 0 Å². The van der Waals surface area contributed by atoms with Crippen LogP contribution in [0, 0.1) is 0 Å². The predicted molar refractivity (Wildman–Crippen MR) is 59.8 cm³/mol. The number of halogens is 3. The van der Waals surface area contributed by atoms with Gasteiger partial charge >= 0.3 is 6.18 Å². The Morgan fingerprint density at radius 3 is 2.24 bits per heavy atom. The molecule has 0 aromatic heterocycles. The molecule has 1 heterocycles. The molecule has 7 heteroatoms. The van der Waals surface area contributed by atoms with Gasteiger partial charge in [0.05, 0.1) is 5.25 Å². The Hall–Kier alpha value is -0.430. The third-order valence-electron chi connectivity index (χ3n) is 3.13. The summed E-state index contributed by atoms with van der Waals surface area (Å²) in [6.07, 6.45) is -3.72. The molecule has 3 nitrogen and oxygen atoms in total. The summed E-state index contributed by atoms with van der Waals surface area (Å²) in [7, 11) is 0. The van der Waals surface area contributed by atoms with Crippen LogP contribution in [0.1, 0.15) is 19.8 Å². The van der Waals surface area contributed by atoms with Gasteiger partial charge in [0, 0.05) is 25.9 Å². The summed E-state index contributed by atoms with van der Waals surface area (Å²) < 4.78 is 37.6. The van der Waals surface area contributed by atoms with E-state index in [1.807, 2.05) is 0 Å². The second kappa shape index (κ2) is 5.06. The summed E-state index contributed by atoms with van der Waals surface area (Å²) in [5, 5.41) is 9.18.